The lowest BCUT2D eigenvalue weighted by Crippen LogP contribution is -2.47. The highest BCUT2D eigenvalue weighted by atomic mass is 16.2. The minimum atomic E-state index is -0.538. The fraction of sp³-hybridized carbons (Fsp3) is 0.480. The quantitative estimate of drug-likeness (QED) is 0.704. The van der Waals surface area contributed by atoms with Gasteiger partial charge in [0.2, 0.25) is 11.8 Å². The second-order valence-electron chi connectivity index (χ2n) is 8.66. The van der Waals surface area contributed by atoms with Crippen LogP contribution in [0, 0.1) is 11.3 Å². The van der Waals surface area contributed by atoms with Crippen molar-refractivity contribution in [2.24, 2.45) is 11.3 Å². The largest absolute Gasteiger partial charge is 0.343 e. The van der Waals surface area contributed by atoms with Crippen molar-refractivity contribution in [2.45, 2.75) is 39.5 Å². The molecule has 2 fully saturated rings. The van der Waals surface area contributed by atoms with Gasteiger partial charge in [0.25, 0.3) is 0 Å². The maximum absolute atomic E-state index is 13.6. The molecule has 2 amide bonds. The summed E-state index contributed by atoms with van der Waals surface area (Å²) < 4.78 is 0. The van der Waals surface area contributed by atoms with Gasteiger partial charge in [0.15, 0.2) is 0 Å². The third-order valence-electron chi connectivity index (χ3n) is 6.56. The van der Waals surface area contributed by atoms with Crippen molar-refractivity contribution in [1.29, 1.82) is 0 Å². The average molecular weight is 406 g/mol. The topological polar surface area (TPSA) is 53.5 Å². The summed E-state index contributed by atoms with van der Waals surface area (Å²) in [6, 6.07) is 12.4. The standard InChI is InChI=1S/C25H31N3O2/c1-3-27(4-2)24(30)25(12-14-28(18-25)23(29)20-10-11-20)16-19-7-5-8-21(15-19)22-9-6-13-26-17-22/h5-9,13,15,17,20H,3-4,10-12,14,16,18H2,1-2H3. The van der Waals surface area contributed by atoms with Gasteiger partial charge in [-0.1, -0.05) is 30.3 Å². The smallest absolute Gasteiger partial charge is 0.230 e. The van der Waals surface area contributed by atoms with Crippen molar-refractivity contribution in [3.63, 3.8) is 0 Å². The van der Waals surface area contributed by atoms with Gasteiger partial charge < -0.3 is 9.80 Å². The Morgan fingerprint density at radius 3 is 2.57 bits per heavy atom. The third-order valence-corrected chi connectivity index (χ3v) is 6.56. The summed E-state index contributed by atoms with van der Waals surface area (Å²) in [6.07, 6.45) is 7.03. The van der Waals surface area contributed by atoms with E-state index < -0.39 is 5.41 Å². The number of pyridine rings is 1. The van der Waals surface area contributed by atoms with Gasteiger partial charge in [-0.25, -0.2) is 0 Å². The van der Waals surface area contributed by atoms with Gasteiger partial charge in [0, 0.05) is 44.5 Å². The Morgan fingerprint density at radius 2 is 1.90 bits per heavy atom. The molecule has 5 nitrogen and oxygen atoms in total. The van der Waals surface area contributed by atoms with E-state index in [1.807, 2.05) is 35.9 Å². The molecule has 2 aromatic rings. The molecule has 30 heavy (non-hydrogen) atoms. The van der Waals surface area contributed by atoms with Crippen LogP contribution in [0.4, 0.5) is 0 Å². The lowest BCUT2D eigenvalue weighted by Gasteiger charge is -2.34. The Kier molecular flexibility index (Phi) is 5.89. The van der Waals surface area contributed by atoms with Crippen LogP contribution in [0.2, 0.25) is 0 Å². The predicted molar refractivity (Wildman–Crippen MR) is 118 cm³/mol. The van der Waals surface area contributed by atoms with Gasteiger partial charge in [-0.15, -0.1) is 0 Å². The normalized spacial score (nSPS) is 20.9. The Hall–Kier alpha value is -2.69. The second kappa shape index (κ2) is 8.58. The van der Waals surface area contributed by atoms with Crippen LogP contribution in [-0.2, 0) is 16.0 Å². The number of hydrogen-bond acceptors (Lipinski definition) is 3. The molecule has 1 aliphatic heterocycles. The summed E-state index contributed by atoms with van der Waals surface area (Å²) in [7, 11) is 0. The summed E-state index contributed by atoms with van der Waals surface area (Å²) in [5.41, 5.74) is 2.78. The summed E-state index contributed by atoms with van der Waals surface area (Å²) in [5.74, 6) is 0.622. The lowest BCUT2D eigenvalue weighted by atomic mass is 9.79. The molecule has 1 aromatic heterocycles. The van der Waals surface area contributed by atoms with Gasteiger partial charge in [0.05, 0.1) is 5.41 Å². The number of benzene rings is 1. The van der Waals surface area contributed by atoms with Gasteiger partial charge in [-0.3, -0.25) is 14.6 Å². The molecule has 0 N–H and O–H groups in total. The lowest BCUT2D eigenvalue weighted by molar-refractivity contribution is -0.142. The number of likely N-dealkylation sites (tertiary alicyclic amines) is 1. The number of aromatic nitrogens is 1. The molecule has 1 unspecified atom stereocenters. The Morgan fingerprint density at radius 1 is 1.13 bits per heavy atom. The summed E-state index contributed by atoms with van der Waals surface area (Å²) in [6.45, 7) is 6.67. The van der Waals surface area contributed by atoms with Crippen molar-refractivity contribution >= 4 is 11.8 Å². The highest BCUT2D eigenvalue weighted by Gasteiger charge is 2.49. The Labute approximate surface area is 179 Å². The molecule has 5 heteroatoms. The molecule has 2 heterocycles. The molecule has 4 rings (SSSR count). The van der Waals surface area contributed by atoms with Crippen molar-refractivity contribution in [3.05, 3.63) is 54.4 Å². The van der Waals surface area contributed by atoms with Crippen LogP contribution in [0.1, 0.15) is 38.7 Å². The minimum absolute atomic E-state index is 0.186. The van der Waals surface area contributed by atoms with E-state index in [2.05, 4.69) is 35.3 Å². The number of hydrogen-bond donors (Lipinski definition) is 0. The summed E-state index contributed by atoms with van der Waals surface area (Å²) in [5, 5.41) is 0. The van der Waals surface area contributed by atoms with E-state index in [-0.39, 0.29) is 17.7 Å². The van der Waals surface area contributed by atoms with E-state index in [0.717, 1.165) is 36.0 Å². The summed E-state index contributed by atoms with van der Waals surface area (Å²) >= 11 is 0. The monoisotopic (exact) mass is 405 g/mol. The molecule has 0 bridgehead atoms. The molecule has 1 aromatic carbocycles. The van der Waals surface area contributed by atoms with E-state index in [9.17, 15) is 9.59 Å². The van der Waals surface area contributed by atoms with Crippen molar-refractivity contribution in [1.82, 2.24) is 14.8 Å². The fourth-order valence-corrected chi connectivity index (χ4v) is 4.67. The zero-order chi connectivity index (χ0) is 21.1. The minimum Gasteiger partial charge on any atom is -0.343 e. The number of rotatable bonds is 7. The Balaban J connectivity index is 1.62. The zero-order valence-electron chi connectivity index (χ0n) is 18.0. The predicted octanol–water partition coefficient (Wildman–Crippen LogP) is 3.79. The van der Waals surface area contributed by atoms with Crippen molar-refractivity contribution in [3.8, 4) is 11.1 Å². The van der Waals surface area contributed by atoms with E-state index in [1.165, 1.54) is 0 Å². The SMILES string of the molecule is CCN(CC)C(=O)C1(Cc2cccc(-c3cccnc3)c2)CCN(C(=O)C2CC2)C1. The first kappa shape index (κ1) is 20.6. The highest BCUT2D eigenvalue weighted by molar-refractivity contribution is 5.87. The maximum atomic E-state index is 13.6. The number of amides is 2. The van der Waals surface area contributed by atoms with Crippen molar-refractivity contribution < 1.29 is 9.59 Å². The van der Waals surface area contributed by atoms with Crippen LogP contribution in [0.3, 0.4) is 0 Å². The van der Waals surface area contributed by atoms with Crippen LogP contribution in [0.5, 0.6) is 0 Å². The molecule has 1 aliphatic carbocycles. The number of carbonyl (C=O) groups excluding carboxylic acids is 2. The Bertz CT molecular complexity index is 906. The second-order valence-corrected chi connectivity index (χ2v) is 8.66. The molecule has 1 atom stereocenters. The summed E-state index contributed by atoms with van der Waals surface area (Å²) in [4.78, 5) is 34.4. The number of carbonyl (C=O) groups is 2. The third kappa shape index (κ3) is 4.11. The molecule has 158 valence electrons. The first-order chi connectivity index (χ1) is 14.6. The molecular weight excluding hydrogens is 374 g/mol. The van der Waals surface area contributed by atoms with E-state index in [1.54, 1.807) is 6.20 Å². The molecule has 0 radical (unpaired) electrons. The molecule has 1 saturated heterocycles. The molecular formula is C25H31N3O2. The van der Waals surface area contributed by atoms with Gasteiger partial charge >= 0.3 is 0 Å². The van der Waals surface area contributed by atoms with E-state index in [0.29, 0.717) is 32.6 Å². The first-order valence-corrected chi connectivity index (χ1v) is 11.1. The first-order valence-electron chi connectivity index (χ1n) is 11.1. The molecule has 2 aliphatic rings. The maximum Gasteiger partial charge on any atom is 0.230 e. The van der Waals surface area contributed by atoms with Gasteiger partial charge in [-0.2, -0.15) is 0 Å². The molecule has 0 spiro atoms. The van der Waals surface area contributed by atoms with Crippen LogP contribution in [0.25, 0.3) is 11.1 Å². The van der Waals surface area contributed by atoms with Gasteiger partial charge in [-0.05, 0) is 62.3 Å². The van der Waals surface area contributed by atoms with Crippen molar-refractivity contribution in [2.75, 3.05) is 26.2 Å². The van der Waals surface area contributed by atoms with Gasteiger partial charge in [0.1, 0.15) is 0 Å². The number of nitrogens with zero attached hydrogens (tertiary/aromatic N) is 3. The molecule has 1 saturated carbocycles. The van der Waals surface area contributed by atoms with E-state index >= 15 is 0 Å². The highest BCUT2D eigenvalue weighted by Crippen LogP contribution is 2.40. The van der Waals surface area contributed by atoms with Crippen LogP contribution in [0.15, 0.2) is 48.8 Å². The van der Waals surface area contributed by atoms with E-state index in [4.69, 9.17) is 0 Å². The van der Waals surface area contributed by atoms with Crippen LogP contribution < -0.4 is 0 Å². The average Bonchev–Trinajstić information content (AvgIpc) is 3.55. The van der Waals surface area contributed by atoms with Crippen LogP contribution in [-0.4, -0.2) is 52.8 Å². The van der Waals surface area contributed by atoms with Crippen LogP contribution >= 0.6 is 0 Å². The zero-order valence-corrected chi connectivity index (χ0v) is 18.0. The fourth-order valence-electron chi connectivity index (χ4n) is 4.67.